The second kappa shape index (κ2) is 8.19. The van der Waals surface area contributed by atoms with Crippen LogP contribution in [-0.4, -0.2) is 49.6 Å². The molecular weight excluding hydrogens is 359 g/mol. The van der Waals surface area contributed by atoms with E-state index in [-0.39, 0.29) is 11.5 Å². The number of para-hydroxylation sites is 1. The number of rotatable bonds is 4. The molecule has 0 saturated carbocycles. The predicted molar refractivity (Wildman–Crippen MR) is 96.9 cm³/mol. The normalized spacial score (nSPS) is 14.2. The van der Waals surface area contributed by atoms with Crippen LogP contribution in [0.5, 0.6) is 0 Å². The Kier molecular flexibility index (Phi) is 5.73. The van der Waals surface area contributed by atoms with E-state index < -0.39 is 18.4 Å². The third kappa shape index (κ3) is 4.14. The maximum Gasteiger partial charge on any atom is 0.341 e. The molecule has 1 heterocycles. The maximum absolute atomic E-state index is 13.5. The first-order valence-corrected chi connectivity index (χ1v) is 8.63. The number of ether oxygens (including phenoxy) is 1. The summed E-state index contributed by atoms with van der Waals surface area (Å²) in [4.78, 5) is 27.8. The van der Waals surface area contributed by atoms with Gasteiger partial charge in [0.1, 0.15) is 5.82 Å². The topological polar surface area (TPSA) is 49.9 Å². The van der Waals surface area contributed by atoms with Gasteiger partial charge in [-0.05, 0) is 24.3 Å². The van der Waals surface area contributed by atoms with Gasteiger partial charge in [0.15, 0.2) is 6.61 Å². The number of esters is 1. The van der Waals surface area contributed by atoms with Crippen molar-refractivity contribution in [2.75, 3.05) is 37.7 Å². The van der Waals surface area contributed by atoms with Gasteiger partial charge in [-0.3, -0.25) is 4.79 Å². The van der Waals surface area contributed by atoms with Gasteiger partial charge in [0.05, 0.1) is 16.3 Å². The van der Waals surface area contributed by atoms with Crippen LogP contribution in [0.1, 0.15) is 10.4 Å². The molecule has 0 aromatic heterocycles. The Morgan fingerprint density at radius 3 is 2.35 bits per heavy atom. The van der Waals surface area contributed by atoms with Gasteiger partial charge in [-0.2, -0.15) is 0 Å². The molecule has 2 aromatic rings. The molecule has 7 heteroatoms. The molecule has 0 aliphatic carbocycles. The van der Waals surface area contributed by atoms with Gasteiger partial charge >= 0.3 is 5.97 Å². The number of carbonyl (C=O) groups is 2. The molecule has 1 amide bonds. The zero-order valence-electron chi connectivity index (χ0n) is 14.0. The Morgan fingerprint density at radius 2 is 1.65 bits per heavy atom. The fraction of sp³-hybridized carbons (Fsp3) is 0.263. The molecular formula is C19H18ClFN2O3. The van der Waals surface area contributed by atoms with E-state index in [4.69, 9.17) is 16.3 Å². The van der Waals surface area contributed by atoms with E-state index in [2.05, 4.69) is 4.90 Å². The molecule has 0 N–H and O–H groups in total. The largest absolute Gasteiger partial charge is 0.452 e. The number of benzene rings is 2. The quantitative estimate of drug-likeness (QED) is 0.770. The third-order valence-corrected chi connectivity index (χ3v) is 4.57. The summed E-state index contributed by atoms with van der Waals surface area (Å²) in [5.41, 5.74) is 0.760. The average molecular weight is 377 g/mol. The van der Waals surface area contributed by atoms with Crippen LogP contribution in [0.25, 0.3) is 0 Å². The Hall–Kier alpha value is -2.60. The number of hydrogen-bond donors (Lipinski definition) is 0. The maximum atomic E-state index is 13.5. The zero-order valence-corrected chi connectivity index (χ0v) is 14.8. The monoisotopic (exact) mass is 376 g/mol. The van der Waals surface area contributed by atoms with Crippen LogP contribution in [-0.2, 0) is 9.53 Å². The minimum atomic E-state index is -0.842. The lowest BCUT2D eigenvalue weighted by molar-refractivity contribution is -0.134. The average Bonchev–Trinajstić information content (AvgIpc) is 2.67. The van der Waals surface area contributed by atoms with Crippen molar-refractivity contribution < 1.29 is 18.7 Å². The molecule has 1 saturated heterocycles. The predicted octanol–water partition coefficient (Wildman–Crippen LogP) is 2.98. The van der Waals surface area contributed by atoms with E-state index in [9.17, 15) is 14.0 Å². The van der Waals surface area contributed by atoms with Crippen LogP contribution in [0.15, 0.2) is 48.5 Å². The van der Waals surface area contributed by atoms with Crippen LogP contribution >= 0.6 is 11.6 Å². The van der Waals surface area contributed by atoms with Gasteiger partial charge in [0.25, 0.3) is 5.91 Å². The number of hydrogen-bond acceptors (Lipinski definition) is 4. The Bertz CT molecular complexity index is 807. The number of anilines is 1. The highest BCUT2D eigenvalue weighted by molar-refractivity contribution is 6.33. The molecule has 26 heavy (non-hydrogen) atoms. The van der Waals surface area contributed by atoms with Crippen LogP contribution in [0.2, 0.25) is 5.02 Å². The second-order valence-electron chi connectivity index (χ2n) is 5.88. The lowest BCUT2D eigenvalue weighted by atomic mass is 10.2. The molecule has 0 spiro atoms. The summed E-state index contributed by atoms with van der Waals surface area (Å²) in [5, 5.41) is 0.672. The van der Waals surface area contributed by atoms with Crippen molar-refractivity contribution in [3.8, 4) is 0 Å². The SMILES string of the molecule is O=C(OCC(=O)N1CCN(c2ccccc2Cl)CC1)c1ccccc1F. The summed E-state index contributed by atoms with van der Waals surface area (Å²) in [7, 11) is 0. The molecule has 0 bridgehead atoms. The number of halogens is 2. The minimum absolute atomic E-state index is 0.177. The Balaban J connectivity index is 1.50. The smallest absolute Gasteiger partial charge is 0.341 e. The van der Waals surface area contributed by atoms with E-state index in [1.165, 1.54) is 24.3 Å². The van der Waals surface area contributed by atoms with Crippen LogP contribution in [0.3, 0.4) is 0 Å². The van der Waals surface area contributed by atoms with E-state index >= 15 is 0 Å². The lowest BCUT2D eigenvalue weighted by Crippen LogP contribution is -2.50. The summed E-state index contributed by atoms with van der Waals surface area (Å²) in [6.45, 7) is 1.87. The van der Waals surface area contributed by atoms with Gasteiger partial charge in [-0.25, -0.2) is 9.18 Å². The fourth-order valence-electron chi connectivity index (χ4n) is 2.83. The van der Waals surface area contributed by atoms with Gasteiger partial charge < -0.3 is 14.5 Å². The van der Waals surface area contributed by atoms with Crippen molar-refractivity contribution in [3.05, 3.63) is 64.9 Å². The van der Waals surface area contributed by atoms with Crippen molar-refractivity contribution in [1.82, 2.24) is 4.90 Å². The molecule has 5 nitrogen and oxygen atoms in total. The Morgan fingerprint density at radius 1 is 1.00 bits per heavy atom. The molecule has 3 rings (SSSR count). The van der Waals surface area contributed by atoms with Crippen molar-refractivity contribution in [3.63, 3.8) is 0 Å². The standard InChI is InChI=1S/C19H18ClFN2O3/c20-15-6-2-4-8-17(15)22-9-11-23(12-10-22)18(24)13-26-19(25)14-5-1-3-7-16(14)21/h1-8H,9-13H2. The first kappa shape index (κ1) is 18.2. The lowest BCUT2D eigenvalue weighted by Gasteiger charge is -2.36. The van der Waals surface area contributed by atoms with E-state index in [1.807, 2.05) is 24.3 Å². The highest BCUT2D eigenvalue weighted by Gasteiger charge is 2.23. The molecule has 0 atom stereocenters. The van der Waals surface area contributed by atoms with Gasteiger partial charge in [0.2, 0.25) is 0 Å². The minimum Gasteiger partial charge on any atom is -0.452 e. The molecule has 1 aliphatic rings. The van der Waals surface area contributed by atoms with Crippen LogP contribution in [0, 0.1) is 5.82 Å². The highest BCUT2D eigenvalue weighted by atomic mass is 35.5. The van der Waals surface area contributed by atoms with Crippen LogP contribution in [0.4, 0.5) is 10.1 Å². The zero-order chi connectivity index (χ0) is 18.5. The summed E-state index contributed by atoms with van der Waals surface area (Å²) in [6, 6.07) is 13.1. The molecule has 2 aromatic carbocycles. The summed E-state index contributed by atoms with van der Waals surface area (Å²) >= 11 is 6.20. The molecule has 0 unspecified atom stereocenters. The molecule has 1 fully saturated rings. The van der Waals surface area contributed by atoms with Gasteiger partial charge in [-0.1, -0.05) is 35.9 Å². The number of piperazine rings is 1. The van der Waals surface area contributed by atoms with E-state index in [1.54, 1.807) is 4.90 Å². The van der Waals surface area contributed by atoms with Crippen molar-refractivity contribution >= 4 is 29.2 Å². The molecule has 136 valence electrons. The summed E-state index contributed by atoms with van der Waals surface area (Å²) < 4.78 is 18.5. The second-order valence-corrected chi connectivity index (χ2v) is 6.28. The fourth-order valence-corrected chi connectivity index (χ4v) is 3.08. The van der Waals surface area contributed by atoms with Gasteiger partial charge in [0, 0.05) is 26.2 Å². The number of nitrogens with zero attached hydrogens (tertiary/aromatic N) is 2. The highest BCUT2D eigenvalue weighted by Crippen LogP contribution is 2.26. The van der Waals surface area contributed by atoms with E-state index in [0.717, 1.165) is 5.69 Å². The molecule has 0 radical (unpaired) electrons. The molecule has 1 aliphatic heterocycles. The first-order valence-electron chi connectivity index (χ1n) is 8.25. The summed E-state index contributed by atoms with van der Waals surface area (Å²) in [5.74, 6) is -1.81. The first-order chi connectivity index (χ1) is 12.6. The van der Waals surface area contributed by atoms with E-state index in [0.29, 0.717) is 31.2 Å². The van der Waals surface area contributed by atoms with Crippen molar-refractivity contribution in [2.45, 2.75) is 0 Å². The third-order valence-electron chi connectivity index (χ3n) is 4.25. The summed E-state index contributed by atoms with van der Waals surface area (Å²) in [6.07, 6.45) is 0. The Labute approximate surface area is 155 Å². The van der Waals surface area contributed by atoms with Crippen molar-refractivity contribution in [1.29, 1.82) is 0 Å². The van der Waals surface area contributed by atoms with Crippen molar-refractivity contribution in [2.24, 2.45) is 0 Å². The number of carbonyl (C=O) groups excluding carboxylic acids is 2. The number of amides is 1. The van der Waals surface area contributed by atoms with Crippen LogP contribution < -0.4 is 4.90 Å². The van der Waals surface area contributed by atoms with Gasteiger partial charge in [-0.15, -0.1) is 0 Å².